The molecule has 0 amide bonds. The first-order valence-corrected chi connectivity index (χ1v) is 6.83. The highest BCUT2D eigenvalue weighted by Crippen LogP contribution is 2.18. The Hall–Kier alpha value is -1.35. The number of rotatable bonds is 5. The van der Waals surface area contributed by atoms with Gasteiger partial charge in [-0.2, -0.15) is 0 Å². The monoisotopic (exact) mass is 245 g/mol. The van der Waals surface area contributed by atoms with E-state index in [-0.39, 0.29) is 6.04 Å². The second-order valence-corrected chi connectivity index (χ2v) is 5.28. The van der Waals surface area contributed by atoms with Gasteiger partial charge in [-0.15, -0.1) is 0 Å². The Kier molecular flexibility index (Phi) is 4.02. The van der Waals surface area contributed by atoms with Crippen molar-refractivity contribution in [1.82, 2.24) is 9.55 Å². The molecule has 3 nitrogen and oxygen atoms in total. The van der Waals surface area contributed by atoms with E-state index in [1.807, 2.05) is 6.07 Å². The molecule has 1 heterocycles. The van der Waals surface area contributed by atoms with Crippen LogP contribution in [0, 0.1) is 5.92 Å². The Bertz CT molecular complexity index is 513. The molecule has 2 N–H and O–H groups in total. The molecule has 3 heteroatoms. The minimum atomic E-state index is 0.178. The first-order valence-electron chi connectivity index (χ1n) is 6.83. The van der Waals surface area contributed by atoms with E-state index in [2.05, 4.69) is 43.5 Å². The van der Waals surface area contributed by atoms with Gasteiger partial charge in [-0.3, -0.25) is 0 Å². The lowest BCUT2D eigenvalue weighted by atomic mass is 10.0. The number of imidazole rings is 1. The third-order valence-corrected chi connectivity index (χ3v) is 3.46. The van der Waals surface area contributed by atoms with Crippen molar-refractivity contribution in [2.24, 2.45) is 11.7 Å². The van der Waals surface area contributed by atoms with E-state index in [0.717, 1.165) is 30.7 Å². The maximum absolute atomic E-state index is 6.18. The van der Waals surface area contributed by atoms with Crippen LogP contribution >= 0.6 is 0 Å². The molecule has 0 saturated heterocycles. The van der Waals surface area contributed by atoms with Crippen LogP contribution in [0.4, 0.5) is 0 Å². The molecule has 0 spiro atoms. The molecular weight excluding hydrogens is 222 g/mol. The topological polar surface area (TPSA) is 43.8 Å². The van der Waals surface area contributed by atoms with Crippen molar-refractivity contribution in [2.75, 3.05) is 0 Å². The minimum Gasteiger partial charge on any atom is -0.328 e. The first kappa shape index (κ1) is 13.1. The summed E-state index contributed by atoms with van der Waals surface area (Å²) in [5.41, 5.74) is 8.49. The summed E-state index contributed by atoms with van der Waals surface area (Å²) in [6, 6.07) is 8.51. The number of hydrogen-bond acceptors (Lipinski definition) is 2. The van der Waals surface area contributed by atoms with Crippen LogP contribution in [-0.2, 0) is 13.0 Å². The second kappa shape index (κ2) is 5.53. The molecule has 0 radical (unpaired) electrons. The lowest BCUT2D eigenvalue weighted by Crippen LogP contribution is -2.30. The van der Waals surface area contributed by atoms with E-state index < -0.39 is 0 Å². The summed E-state index contributed by atoms with van der Waals surface area (Å²) in [5.74, 6) is 1.61. The number of aromatic nitrogens is 2. The van der Waals surface area contributed by atoms with Crippen molar-refractivity contribution in [2.45, 2.75) is 46.2 Å². The molecule has 0 aliphatic rings. The van der Waals surface area contributed by atoms with Gasteiger partial charge in [-0.1, -0.05) is 32.9 Å². The van der Waals surface area contributed by atoms with Crippen LogP contribution in [0.5, 0.6) is 0 Å². The van der Waals surface area contributed by atoms with E-state index in [4.69, 9.17) is 10.7 Å². The summed E-state index contributed by atoms with van der Waals surface area (Å²) >= 11 is 0. The zero-order chi connectivity index (χ0) is 13.1. The van der Waals surface area contributed by atoms with Gasteiger partial charge in [0.1, 0.15) is 5.82 Å². The molecule has 1 atom stereocenters. The van der Waals surface area contributed by atoms with Crippen LogP contribution in [-0.4, -0.2) is 15.6 Å². The summed E-state index contributed by atoms with van der Waals surface area (Å²) in [7, 11) is 0. The van der Waals surface area contributed by atoms with Crippen molar-refractivity contribution < 1.29 is 0 Å². The van der Waals surface area contributed by atoms with Crippen LogP contribution in [0.15, 0.2) is 24.3 Å². The molecular formula is C15H23N3. The van der Waals surface area contributed by atoms with Gasteiger partial charge < -0.3 is 10.3 Å². The third kappa shape index (κ3) is 2.56. The molecule has 0 aliphatic carbocycles. The van der Waals surface area contributed by atoms with Gasteiger partial charge in [0.05, 0.1) is 11.0 Å². The maximum atomic E-state index is 6.18. The van der Waals surface area contributed by atoms with Gasteiger partial charge in [-0.05, 0) is 24.5 Å². The van der Waals surface area contributed by atoms with E-state index in [1.54, 1.807) is 0 Å². The molecule has 1 unspecified atom stereocenters. The van der Waals surface area contributed by atoms with Gasteiger partial charge in [0, 0.05) is 19.0 Å². The van der Waals surface area contributed by atoms with Gasteiger partial charge in [-0.25, -0.2) is 4.98 Å². The lowest BCUT2D eigenvalue weighted by molar-refractivity contribution is 0.472. The molecule has 2 aromatic rings. The fourth-order valence-corrected chi connectivity index (χ4v) is 2.20. The summed E-state index contributed by atoms with van der Waals surface area (Å²) in [5, 5.41) is 0. The maximum Gasteiger partial charge on any atom is 0.111 e. The Labute approximate surface area is 109 Å². The molecule has 98 valence electrons. The predicted molar refractivity (Wildman–Crippen MR) is 76.5 cm³/mol. The van der Waals surface area contributed by atoms with Gasteiger partial charge in [0.15, 0.2) is 0 Å². The Morgan fingerprint density at radius 1 is 1.28 bits per heavy atom. The Morgan fingerprint density at radius 2 is 2.00 bits per heavy atom. The fourth-order valence-electron chi connectivity index (χ4n) is 2.20. The minimum absolute atomic E-state index is 0.178. The largest absolute Gasteiger partial charge is 0.328 e. The highest BCUT2D eigenvalue weighted by atomic mass is 15.1. The fraction of sp³-hybridized carbons (Fsp3) is 0.533. The lowest BCUT2D eigenvalue weighted by Gasteiger charge is -2.16. The molecule has 0 saturated carbocycles. The summed E-state index contributed by atoms with van der Waals surface area (Å²) in [4.78, 5) is 4.74. The number of para-hydroxylation sites is 2. The molecule has 1 aromatic carbocycles. The van der Waals surface area contributed by atoms with Crippen molar-refractivity contribution >= 4 is 11.0 Å². The van der Waals surface area contributed by atoms with E-state index >= 15 is 0 Å². The summed E-state index contributed by atoms with van der Waals surface area (Å²) < 4.78 is 2.32. The van der Waals surface area contributed by atoms with Crippen LogP contribution in [0.2, 0.25) is 0 Å². The molecule has 18 heavy (non-hydrogen) atoms. The van der Waals surface area contributed by atoms with Crippen molar-refractivity contribution in [1.29, 1.82) is 0 Å². The quantitative estimate of drug-likeness (QED) is 0.880. The summed E-state index contributed by atoms with van der Waals surface area (Å²) in [6.07, 6.45) is 1.97. The van der Waals surface area contributed by atoms with Gasteiger partial charge in [0.25, 0.3) is 0 Å². The number of aryl methyl sites for hydroxylation is 1. The smallest absolute Gasteiger partial charge is 0.111 e. The zero-order valence-corrected chi connectivity index (χ0v) is 11.6. The average Bonchev–Trinajstić information content (AvgIpc) is 2.68. The zero-order valence-electron chi connectivity index (χ0n) is 11.6. The summed E-state index contributed by atoms with van der Waals surface area (Å²) in [6.45, 7) is 7.54. The standard InChI is InChI=1S/C15H23N3/c1-4-9-18-14-8-6-5-7-13(14)17-15(18)10-12(16)11(2)3/h5-8,11-12H,4,9-10,16H2,1-3H3. The van der Waals surface area contributed by atoms with Gasteiger partial charge in [0.2, 0.25) is 0 Å². The molecule has 0 bridgehead atoms. The first-order chi connectivity index (χ1) is 8.63. The Morgan fingerprint density at radius 3 is 2.67 bits per heavy atom. The predicted octanol–water partition coefficient (Wildman–Crippen LogP) is 2.97. The van der Waals surface area contributed by atoms with Crippen LogP contribution < -0.4 is 5.73 Å². The van der Waals surface area contributed by atoms with E-state index in [0.29, 0.717) is 5.92 Å². The number of nitrogens with zero attached hydrogens (tertiary/aromatic N) is 2. The van der Waals surface area contributed by atoms with Crippen LogP contribution in [0.25, 0.3) is 11.0 Å². The van der Waals surface area contributed by atoms with Crippen LogP contribution in [0.3, 0.4) is 0 Å². The van der Waals surface area contributed by atoms with E-state index in [1.165, 1.54) is 5.52 Å². The second-order valence-electron chi connectivity index (χ2n) is 5.28. The van der Waals surface area contributed by atoms with Crippen molar-refractivity contribution in [3.05, 3.63) is 30.1 Å². The Balaban J connectivity index is 2.39. The van der Waals surface area contributed by atoms with Crippen molar-refractivity contribution in [3.63, 3.8) is 0 Å². The molecule has 2 rings (SSSR count). The number of hydrogen-bond donors (Lipinski definition) is 1. The highest BCUT2D eigenvalue weighted by Gasteiger charge is 2.15. The van der Waals surface area contributed by atoms with Gasteiger partial charge >= 0.3 is 0 Å². The number of fused-ring (bicyclic) bond motifs is 1. The number of nitrogens with two attached hydrogens (primary N) is 1. The molecule has 0 fully saturated rings. The molecule has 1 aromatic heterocycles. The molecule has 0 aliphatic heterocycles. The van der Waals surface area contributed by atoms with Crippen LogP contribution in [0.1, 0.15) is 33.0 Å². The van der Waals surface area contributed by atoms with E-state index in [9.17, 15) is 0 Å². The highest BCUT2D eigenvalue weighted by molar-refractivity contribution is 5.75. The average molecular weight is 245 g/mol. The van der Waals surface area contributed by atoms with Crippen molar-refractivity contribution in [3.8, 4) is 0 Å². The normalized spacial score (nSPS) is 13.4. The third-order valence-electron chi connectivity index (χ3n) is 3.46. The number of benzene rings is 1. The SMILES string of the molecule is CCCn1c(CC(N)C(C)C)nc2ccccc21.